The molecule has 0 spiro atoms. The van der Waals surface area contributed by atoms with Crippen LogP contribution in [0.3, 0.4) is 0 Å². The van der Waals surface area contributed by atoms with Gasteiger partial charge in [-0.15, -0.1) is 0 Å². The fourth-order valence-corrected chi connectivity index (χ4v) is 2.04. The summed E-state index contributed by atoms with van der Waals surface area (Å²) in [5.41, 5.74) is 6.14. The summed E-state index contributed by atoms with van der Waals surface area (Å²) in [5.74, 6) is -0.709. The summed E-state index contributed by atoms with van der Waals surface area (Å²) in [7, 11) is -3.55. The van der Waals surface area contributed by atoms with Gasteiger partial charge in [0.2, 0.25) is 15.0 Å². The molecule has 0 saturated heterocycles. The molecule has 0 radical (unpaired) electrons. The Morgan fingerprint density at radius 2 is 1.84 bits per heavy atom. The zero-order valence-corrected chi connectivity index (χ0v) is 10.9. The summed E-state index contributed by atoms with van der Waals surface area (Å²) >= 11 is 0. The van der Waals surface area contributed by atoms with Crippen molar-refractivity contribution in [3.05, 3.63) is 42.1 Å². The van der Waals surface area contributed by atoms with Crippen LogP contribution < -0.4 is 5.73 Å². The van der Waals surface area contributed by atoms with Crippen LogP contribution in [-0.2, 0) is 9.84 Å². The van der Waals surface area contributed by atoms with E-state index in [9.17, 15) is 13.2 Å². The fourth-order valence-electron chi connectivity index (χ4n) is 1.54. The van der Waals surface area contributed by atoms with Crippen molar-refractivity contribution >= 4 is 15.7 Å². The van der Waals surface area contributed by atoms with E-state index in [2.05, 4.69) is 9.97 Å². The third-order valence-corrected chi connectivity index (χ3v) is 3.27. The first-order valence-electron chi connectivity index (χ1n) is 5.32. The molecule has 0 saturated carbocycles. The fraction of sp³-hybridized carbons (Fsp3) is 0.0833. The van der Waals surface area contributed by atoms with Crippen molar-refractivity contribution in [3.63, 3.8) is 0 Å². The van der Waals surface area contributed by atoms with Gasteiger partial charge in [0, 0.05) is 18.0 Å². The minimum absolute atomic E-state index is 0.0820. The molecule has 19 heavy (non-hydrogen) atoms. The molecule has 0 unspecified atom stereocenters. The van der Waals surface area contributed by atoms with Crippen molar-refractivity contribution in [1.29, 1.82) is 0 Å². The first-order chi connectivity index (χ1) is 8.89. The number of rotatable bonds is 3. The van der Waals surface area contributed by atoms with Gasteiger partial charge in [0.25, 0.3) is 5.91 Å². The second-order valence-corrected chi connectivity index (χ2v) is 5.83. The number of nitrogens with zero attached hydrogens (tertiary/aromatic N) is 2. The SMILES string of the molecule is CS(=O)(=O)c1ncc(C(N)=O)c(-c2ccccc2)n1. The quantitative estimate of drug-likeness (QED) is 0.829. The van der Waals surface area contributed by atoms with Gasteiger partial charge in [-0.3, -0.25) is 4.79 Å². The number of sulfone groups is 1. The first-order valence-corrected chi connectivity index (χ1v) is 7.21. The van der Waals surface area contributed by atoms with Gasteiger partial charge in [0.05, 0.1) is 11.3 Å². The summed E-state index contributed by atoms with van der Waals surface area (Å²) in [5, 5.41) is -0.337. The van der Waals surface area contributed by atoms with Crippen molar-refractivity contribution in [3.8, 4) is 11.3 Å². The third kappa shape index (κ3) is 2.76. The van der Waals surface area contributed by atoms with Gasteiger partial charge < -0.3 is 5.73 Å². The highest BCUT2D eigenvalue weighted by atomic mass is 32.2. The van der Waals surface area contributed by atoms with E-state index in [-0.39, 0.29) is 16.4 Å². The Kier molecular flexibility index (Phi) is 3.30. The van der Waals surface area contributed by atoms with E-state index >= 15 is 0 Å². The summed E-state index contributed by atoms with van der Waals surface area (Å²) in [6, 6.07) is 8.72. The zero-order valence-electron chi connectivity index (χ0n) is 10.1. The number of amides is 1. The molecule has 0 aliphatic rings. The summed E-state index contributed by atoms with van der Waals surface area (Å²) in [6.45, 7) is 0. The van der Waals surface area contributed by atoms with Crippen molar-refractivity contribution < 1.29 is 13.2 Å². The Hall–Kier alpha value is -2.28. The molecular weight excluding hydrogens is 266 g/mol. The molecule has 0 fully saturated rings. The molecule has 2 rings (SSSR count). The van der Waals surface area contributed by atoms with Crippen molar-refractivity contribution in [2.75, 3.05) is 6.26 Å². The van der Waals surface area contributed by atoms with E-state index in [0.717, 1.165) is 12.5 Å². The number of carbonyl (C=O) groups is 1. The van der Waals surface area contributed by atoms with Gasteiger partial charge in [-0.05, 0) is 0 Å². The molecule has 0 aliphatic carbocycles. The zero-order chi connectivity index (χ0) is 14.0. The van der Waals surface area contributed by atoms with Gasteiger partial charge >= 0.3 is 0 Å². The predicted molar refractivity (Wildman–Crippen MR) is 69.1 cm³/mol. The van der Waals surface area contributed by atoms with Gasteiger partial charge in [-0.2, -0.15) is 0 Å². The Balaban J connectivity index is 2.72. The van der Waals surface area contributed by atoms with Crippen LogP contribution in [0.4, 0.5) is 0 Å². The number of hydrogen-bond acceptors (Lipinski definition) is 5. The average molecular weight is 277 g/mol. The number of benzene rings is 1. The lowest BCUT2D eigenvalue weighted by molar-refractivity contribution is 0.1000. The first kappa shape index (κ1) is 13.2. The third-order valence-electron chi connectivity index (χ3n) is 2.41. The predicted octanol–water partition coefficient (Wildman–Crippen LogP) is 0.646. The lowest BCUT2D eigenvalue weighted by Gasteiger charge is -2.07. The topological polar surface area (TPSA) is 103 Å². The van der Waals surface area contributed by atoms with E-state index < -0.39 is 15.7 Å². The Morgan fingerprint density at radius 1 is 1.21 bits per heavy atom. The van der Waals surface area contributed by atoms with Crippen LogP contribution >= 0.6 is 0 Å². The van der Waals surface area contributed by atoms with Crippen LogP contribution in [0.2, 0.25) is 0 Å². The van der Waals surface area contributed by atoms with Crippen molar-refractivity contribution in [2.24, 2.45) is 5.73 Å². The molecule has 98 valence electrons. The lowest BCUT2D eigenvalue weighted by atomic mass is 10.1. The molecule has 1 heterocycles. The Labute approximate surface area is 110 Å². The molecule has 0 bridgehead atoms. The normalized spacial score (nSPS) is 11.2. The smallest absolute Gasteiger partial charge is 0.252 e. The van der Waals surface area contributed by atoms with Crippen LogP contribution in [-0.4, -0.2) is 30.5 Å². The molecular formula is C12H11N3O3S. The van der Waals surface area contributed by atoms with E-state index in [1.807, 2.05) is 0 Å². The second-order valence-electron chi connectivity index (χ2n) is 3.92. The van der Waals surface area contributed by atoms with Crippen LogP contribution in [0.1, 0.15) is 10.4 Å². The average Bonchev–Trinajstić information content (AvgIpc) is 2.38. The molecule has 7 heteroatoms. The van der Waals surface area contributed by atoms with Crippen molar-refractivity contribution in [2.45, 2.75) is 5.16 Å². The summed E-state index contributed by atoms with van der Waals surface area (Å²) in [6.07, 6.45) is 2.13. The van der Waals surface area contributed by atoms with Gasteiger partial charge in [-0.1, -0.05) is 30.3 Å². The summed E-state index contributed by atoms with van der Waals surface area (Å²) < 4.78 is 22.9. The van der Waals surface area contributed by atoms with E-state index in [4.69, 9.17) is 5.73 Å². The maximum absolute atomic E-state index is 11.5. The highest BCUT2D eigenvalue weighted by molar-refractivity contribution is 7.90. The number of aromatic nitrogens is 2. The summed E-state index contributed by atoms with van der Waals surface area (Å²) in [4.78, 5) is 18.9. The monoisotopic (exact) mass is 277 g/mol. The highest BCUT2D eigenvalue weighted by Crippen LogP contribution is 2.21. The van der Waals surface area contributed by atoms with E-state index in [0.29, 0.717) is 5.56 Å². The second kappa shape index (κ2) is 4.77. The Morgan fingerprint density at radius 3 is 2.37 bits per heavy atom. The number of hydrogen-bond donors (Lipinski definition) is 1. The molecule has 2 N–H and O–H groups in total. The lowest BCUT2D eigenvalue weighted by Crippen LogP contribution is -2.16. The van der Waals surface area contributed by atoms with Gasteiger partial charge in [0.15, 0.2) is 0 Å². The molecule has 0 atom stereocenters. The van der Waals surface area contributed by atoms with Crippen LogP contribution in [0.25, 0.3) is 11.3 Å². The van der Waals surface area contributed by atoms with Crippen LogP contribution in [0, 0.1) is 0 Å². The maximum atomic E-state index is 11.5. The molecule has 1 aromatic carbocycles. The van der Waals surface area contributed by atoms with Crippen LogP contribution in [0.5, 0.6) is 0 Å². The van der Waals surface area contributed by atoms with Crippen molar-refractivity contribution in [1.82, 2.24) is 9.97 Å². The highest BCUT2D eigenvalue weighted by Gasteiger charge is 2.18. The van der Waals surface area contributed by atoms with Gasteiger partial charge in [0.1, 0.15) is 0 Å². The number of primary amides is 1. The minimum Gasteiger partial charge on any atom is -0.365 e. The standard InChI is InChI=1S/C12H11N3O3S/c1-19(17,18)12-14-7-9(11(13)16)10(15-12)8-5-3-2-4-6-8/h2-7H,1H3,(H2,13,16). The maximum Gasteiger partial charge on any atom is 0.252 e. The molecule has 6 nitrogen and oxygen atoms in total. The van der Waals surface area contributed by atoms with E-state index in [1.54, 1.807) is 30.3 Å². The van der Waals surface area contributed by atoms with Gasteiger partial charge in [-0.25, -0.2) is 18.4 Å². The largest absolute Gasteiger partial charge is 0.365 e. The molecule has 2 aromatic rings. The molecule has 1 amide bonds. The van der Waals surface area contributed by atoms with E-state index in [1.165, 1.54) is 0 Å². The minimum atomic E-state index is -3.55. The number of carbonyl (C=O) groups excluding carboxylic acids is 1. The molecule has 0 aliphatic heterocycles. The number of nitrogens with two attached hydrogens (primary N) is 1. The Bertz CT molecular complexity index is 727. The molecule has 1 aromatic heterocycles. The van der Waals surface area contributed by atoms with Crippen LogP contribution in [0.15, 0.2) is 41.7 Å².